The lowest BCUT2D eigenvalue weighted by molar-refractivity contribution is -0.120. The van der Waals surface area contributed by atoms with E-state index < -0.39 is 22.5 Å². The summed E-state index contributed by atoms with van der Waals surface area (Å²) in [5, 5.41) is 3.26. The third-order valence-electron chi connectivity index (χ3n) is 4.51. The van der Waals surface area contributed by atoms with Gasteiger partial charge in [0.1, 0.15) is 12.3 Å². The molecule has 0 bridgehead atoms. The number of carbonyl (C=O) groups excluding carboxylic acids is 1. The molecule has 30 heavy (non-hydrogen) atoms. The summed E-state index contributed by atoms with van der Waals surface area (Å²) in [6, 6.07) is 7.99. The van der Waals surface area contributed by atoms with Crippen LogP contribution in [-0.4, -0.2) is 34.2 Å². The Kier molecular flexibility index (Phi) is 8.27. The number of anilines is 1. The van der Waals surface area contributed by atoms with Crippen molar-refractivity contribution in [2.24, 2.45) is 0 Å². The largest absolute Gasteiger partial charge is 0.496 e. The zero-order chi connectivity index (χ0) is 22.6. The number of carbonyl (C=O) groups is 1. The smallest absolute Gasteiger partial charge is 0.241 e. The van der Waals surface area contributed by atoms with Gasteiger partial charge in [0, 0.05) is 0 Å². The summed E-state index contributed by atoms with van der Waals surface area (Å²) in [6.45, 7) is 3.38. The molecule has 0 saturated carbocycles. The van der Waals surface area contributed by atoms with Gasteiger partial charge in [-0.15, -0.1) is 0 Å². The molecular formula is C20H23Cl3N2O4S. The van der Waals surface area contributed by atoms with E-state index >= 15 is 0 Å². The molecule has 2 rings (SSSR count). The van der Waals surface area contributed by atoms with Crippen molar-refractivity contribution in [2.75, 3.05) is 24.2 Å². The number of sulfonamides is 1. The molecule has 0 spiro atoms. The van der Waals surface area contributed by atoms with Crippen molar-refractivity contribution < 1.29 is 17.9 Å². The second kappa shape index (κ2) is 10.1. The molecule has 0 aliphatic heterocycles. The van der Waals surface area contributed by atoms with Crippen LogP contribution in [0.4, 0.5) is 5.69 Å². The van der Waals surface area contributed by atoms with Crippen molar-refractivity contribution in [1.82, 2.24) is 5.32 Å². The molecule has 0 aliphatic carbocycles. The monoisotopic (exact) mass is 492 g/mol. The number of nitrogens with one attached hydrogen (secondary N) is 1. The normalized spacial score (nSPS) is 12.4. The number of aryl methyl sites for hydroxylation is 1. The SMILES string of the molecule is CC[C@@H](NC(=O)CN(c1cc(Cl)c(Cl)cc1Cl)S(C)(=O)=O)c1ccc(OC)c(C)c1. The summed E-state index contributed by atoms with van der Waals surface area (Å²) in [6.07, 6.45) is 1.60. The summed E-state index contributed by atoms with van der Waals surface area (Å²) in [5.74, 6) is 0.264. The van der Waals surface area contributed by atoms with Gasteiger partial charge in [0.05, 0.1) is 40.2 Å². The summed E-state index contributed by atoms with van der Waals surface area (Å²) in [5.41, 5.74) is 1.91. The van der Waals surface area contributed by atoms with Gasteiger partial charge in [0.15, 0.2) is 0 Å². The molecule has 164 valence electrons. The quantitative estimate of drug-likeness (QED) is 0.525. The Hall–Kier alpha value is -1.67. The Bertz CT molecular complexity index is 1040. The van der Waals surface area contributed by atoms with E-state index in [0.29, 0.717) is 6.42 Å². The van der Waals surface area contributed by atoms with Crippen molar-refractivity contribution in [2.45, 2.75) is 26.3 Å². The lowest BCUT2D eigenvalue weighted by atomic mass is 10.0. The first kappa shape index (κ1) is 24.6. The van der Waals surface area contributed by atoms with E-state index in [1.165, 1.54) is 12.1 Å². The Labute approximate surface area is 192 Å². The maximum atomic E-state index is 12.7. The van der Waals surface area contributed by atoms with E-state index in [2.05, 4.69) is 5.32 Å². The number of benzene rings is 2. The van der Waals surface area contributed by atoms with E-state index in [1.807, 2.05) is 32.0 Å². The minimum absolute atomic E-state index is 0.0699. The van der Waals surface area contributed by atoms with Crippen molar-refractivity contribution in [3.05, 3.63) is 56.5 Å². The summed E-state index contributed by atoms with van der Waals surface area (Å²) >= 11 is 18.1. The van der Waals surface area contributed by atoms with Crippen LogP contribution >= 0.6 is 34.8 Å². The Morgan fingerprint density at radius 1 is 1.13 bits per heavy atom. The standard InChI is InChI=1S/C20H23Cl3N2O4S/c1-5-17(13-6-7-19(29-3)12(2)8-13)24-20(26)11-25(30(4,27)28)18-10-15(22)14(21)9-16(18)23/h6-10,17H,5,11H2,1-4H3,(H,24,26)/t17-/m1/s1. The molecule has 1 atom stereocenters. The van der Waals surface area contributed by atoms with Crippen LogP contribution in [0.1, 0.15) is 30.5 Å². The van der Waals surface area contributed by atoms with Crippen LogP contribution < -0.4 is 14.4 Å². The van der Waals surface area contributed by atoms with E-state index in [1.54, 1.807) is 7.11 Å². The third kappa shape index (κ3) is 5.94. The number of rotatable bonds is 8. The second-order valence-corrected chi connectivity index (χ2v) is 9.87. The highest BCUT2D eigenvalue weighted by Gasteiger charge is 2.25. The Balaban J connectivity index is 2.28. The molecule has 2 aromatic carbocycles. The summed E-state index contributed by atoms with van der Waals surface area (Å²) < 4.78 is 30.9. The minimum Gasteiger partial charge on any atom is -0.496 e. The van der Waals surface area contributed by atoms with E-state index in [0.717, 1.165) is 27.4 Å². The Morgan fingerprint density at radius 2 is 1.77 bits per heavy atom. The molecule has 0 heterocycles. The zero-order valence-corrected chi connectivity index (χ0v) is 20.1. The highest BCUT2D eigenvalue weighted by molar-refractivity contribution is 7.92. The summed E-state index contributed by atoms with van der Waals surface area (Å²) in [4.78, 5) is 12.7. The van der Waals surface area contributed by atoms with Crippen molar-refractivity contribution in [3.8, 4) is 5.75 Å². The molecule has 2 aromatic rings. The molecule has 1 amide bonds. The van der Waals surface area contributed by atoms with Gasteiger partial charge < -0.3 is 10.1 Å². The maximum Gasteiger partial charge on any atom is 0.241 e. The van der Waals surface area contributed by atoms with Crippen LogP contribution in [0.15, 0.2) is 30.3 Å². The molecule has 0 unspecified atom stereocenters. The predicted octanol–water partition coefficient (Wildman–Crippen LogP) is 5.00. The maximum absolute atomic E-state index is 12.7. The molecule has 0 saturated heterocycles. The van der Waals surface area contributed by atoms with E-state index in [9.17, 15) is 13.2 Å². The van der Waals surface area contributed by atoms with Crippen molar-refractivity contribution in [1.29, 1.82) is 0 Å². The Morgan fingerprint density at radius 3 is 2.30 bits per heavy atom. The minimum atomic E-state index is -3.82. The highest BCUT2D eigenvalue weighted by atomic mass is 35.5. The molecule has 10 heteroatoms. The van der Waals surface area contributed by atoms with Crippen LogP contribution in [0.3, 0.4) is 0 Å². The van der Waals surface area contributed by atoms with Crippen molar-refractivity contribution in [3.63, 3.8) is 0 Å². The average molecular weight is 494 g/mol. The lowest BCUT2D eigenvalue weighted by Gasteiger charge is -2.25. The van der Waals surface area contributed by atoms with Crippen LogP contribution in [0.2, 0.25) is 15.1 Å². The number of halogens is 3. The fraction of sp³-hybridized carbons (Fsp3) is 0.350. The van der Waals surface area contributed by atoms with E-state index in [-0.39, 0.29) is 26.8 Å². The first-order valence-corrected chi connectivity index (χ1v) is 12.0. The van der Waals surface area contributed by atoms with Gasteiger partial charge in [-0.25, -0.2) is 8.42 Å². The fourth-order valence-electron chi connectivity index (χ4n) is 2.99. The first-order chi connectivity index (χ1) is 14.0. The van der Waals surface area contributed by atoms with E-state index in [4.69, 9.17) is 39.5 Å². The van der Waals surface area contributed by atoms with Gasteiger partial charge in [-0.3, -0.25) is 9.10 Å². The van der Waals surface area contributed by atoms with Crippen LogP contribution in [0, 0.1) is 6.92 Å². The number of ether oxygens (including phenoxy) is 1. The molecule has 0 fully saturated rings. The average Bonchev–Trinajstić information content (AvgIpc) is 2.66. The van der Waals surface area contributed by atoms with Gasteiger partial charge in [-0.2, -0.15) is 0 Å². The van der Waals surface area contributed by atoms with Crippen molar-refractivity contribution >= 4 is 56.4 Å². The molecule has 1 N–H and O–H groups in total. The topological polar surface area (TPSA) is 75.7 Å². The molecule has 0 radical (unpaired) electrons. The molecule has 0 aromatic heterocycles. The van der Waals surface area contributed by atoms with Gasteiger partial charge in [-0.05, 0) is 42.7 Å². The number of nitrogens with zero attached hydrogens (tertiary/aromatic N) is 1. The van der Waals surface area contributed by atoms with Gasteiger partial charge in [0.2, 0.25) is 15.9 Å². The third-order valence-corrected chi connectivity index (χ3v) is 6.66. The molecular weight excluding hydrogens is 471 g/mol. The lowest BCUT2D eigenvalue weighted by Crippen LogP contribution is -2.41. The van der Waals surface area contributed by atoms with Gasteiger partial charge in [0.25, 0.3) is 0 Å². The zero-order valence-electron chi connectivity index (χ0n) is 17.0. The predicted molar refractivity (Wildman–Crippen MR) is 123 cm³/mol. The van der Waals surface area contributed by atoms with Crippen LogP contribution in [0.5, 0.6) is 5.75 Å². The highest BCUT2D eigenvalue weighted by Crippen LogP contribution is 2.35. The van der Waals surface area contributed by atoms with Crippen LogP contribution in [-0.2, 0) is 14.8 Å². The second-order valence-electron chi connectivity index (χ2n) is 6.74. The first-order valence-electron chi connectivity index (χ1n) is 9.04. The molecule has 0 aliphatic rings. The number of amides is 1. The number of hydrogen-bond donors (Lipinski definition) is 1. The fourth-order valence-corrected chi connectivity index (χ4v) is 4.55. The van der Waals surface area contributed by atoms with Crippen LogP contribution in [0.25, 0.3) is 0 Å². The van der Waals surface area contributed by atoms with Gasteiger partial charge in [-0.1, -0.05) is 53.9 Å². The molecule has 6 nitrogen and oxygen atoms in total. The van der Waals surface area contributed by atoms with Gasteiger partial charge >= 0.3 is 0 Å². The number of hydrogen-bond acceptors (Lipinski definition) is 4. The number of methoxy groups -OCH3 is 1. The summed E-state index contributed by atoms with van der Waals surface area (Å²) in [7, 11) is -2.23.